The lowest BCUT2D eigenvalue weighted by atomic mass is 10.1. The Morgan fingerprint density at radius 1 is 1.36 bits per heavy atom. The van der Waals surface area contributed by atoms with E-state index in [1.165, 1.54) is 12.1 Å². The first kappa shape index (κ1) is 17.1. The number of nitrogens with one attached hydrogen (secondary N) is 1. The fourth-order valence-electron chi connectivity index (χ4n) is 3.00. The van der Waals surface area contributed by atoms with Crippen molar-refractivity contribution in [1.29, 1.82) is 0 Å². The number of carbonyl (C=O) groups excluding carboxylic acids is 2. The van der Waals surface area contributed by atoms with Crippen LogP contribution in [0.25, 0.3) is 0 Å². The molecule has 1 atom stereocenters. The fourth-order valence-corrected chi connectivity index (χ4v) is 3.00. The number of hydrogen-bond acceptors (Lipinski definition) is 3. The van der Waals surface area contributed by atoms with Crippen LogP contribution in [0.3, 0.4) is 0 Å². The van der Waals surface area contributed by atoms with Crippen LogP contribution in [-0.4, -0.2) is 34.5 Å². The molecule has 1 aromatic heterocycles. The summed E-state index contributed by atoms with van der Waals surface area (Å²) in [5, 5.41) is 2.90. The molecule has 25 heavy (non-hydrogen) atoms. The molecule has 0 unspecified atom stereocenters. The van der Waals surface area contributed by atoms with Crippen LogP contribution in [0, 0.1) is 18.7 Å². The molecule has 1 aliphatic rings. The zero-order valence-electron chi connectivity index (χ0n) is 14.1. The van der Waals surface area contributed by atoms with Crippen LogP contribution < -0.4 is 10.2 Å². The van der Waals surface area contributed by atoms with Crippen molar-refractivity contribution in [2.75, 3.05) is 18.0 Å². The van der Waals surface area contributed by atoms with Gasteiger partial charge in [0.2, 0.25) is 11.8 Å². The number of nitrogens with zero attached hydrogens (tertiary/aromatic N) is 3. The Bertz CT molecular complexity index is 757. The van der Waals surface area contributed by atoms with Gasteiger partial charge >= 0.3 is 0 Å². The predicted octanol–water partition coefficient (Wildman–Crippen LogP) is 1.89. The highest BCUT2D eigenvalue weighted by Crippen LogP contribution is 2.25. The van der Waals surface area contributed by atoms with Crippen LogP contribution in [0.1, 0.15) is 18.7 Å². The van der Waals surface area contributed by atoms with E-state index in [4.69, 9.17) is 0 Å². The monoisotopic (exact) mass is 344 g/mol. The predicted molar refractivity (Wildman–Crippen MR) is 91.5 cm³/mol. The van der Waals surface area contributed by atoms with E-state index < -0.39 is 0 Å². The first-order chi connectivity index (χ1) is 12.0. The minimum Gasteiger partial charge on any atom is -0.356 e. The maximum atomic E-state index is 13.0. The van der Waals surface area contributed by atoms with Gasteiger partial charge in [0.25, 0.3) is 0 Å². The summed E-state index contributed by atoms with van der Waals surface area (Å²) in [7, 11) is 0. The number of imidazole rings is 1. The van der Waals surface area contributed by atoms with Gasteiger partial charge in [0.1, 0.15) is 11.6 Å². The van der Waals surface area contributed by atoms with Gasteiger partial charge in [-0.1, -0.05) is 0 Å². The average molecular weight is 344 g/mol. The molecule has 0 saturated carbocycles. The largest absolute Gasteiger partial charge is 0.356 e. The van der Waals surface area contributed by atoms with Gasteiger partial charge in [-0.3, -0.25) is 9.59 Å². The molecule has 3 rings (SSSR count). The molecule has 0 radical (unpaired) electrons. The van der Waals surface area contributed by atoms with Crippen molar-refractivity contribution in [1.82, 2.24) is 14.9 Å². The minimum absolute atomic E-state index is 0.110. The zero-order chi connectivity index (χ0) is 17.8. The molecular formula is C18H21FN4O2. The van der Waals surface area contributed by atoms with Gasteiger partial charge in [0.05, 0.1) is 5.92 Å². The standard InChI is InChI=1S/C18H21FN4O2/c1-13-20-8-10-22(13)9-2-7-21-18(25)14-11-17(24)23(12-14)16-5-3-15(19)4-6-16/h3-6,8,10,14H,2,7,9,11-12H2,1H3,(H,21,25)/t14-/m1/s1. The molecule has 1 N–H and O–H groups in total. The summed E-state index contributed by atoms with van der Waals surface area (Å²) in [6.07, 6.45) is 4.64. The van der Waals surface area contributed by atoms with Gasteiger partial charge in [0.15, 0.2) is 0 Å². The van der Waals surface area contributed by atoms with Crippen LogP contribution in [-0.2, 0) is 16.1 Å². The van der Waals surface area contributed by atoms with Crippen molar-refractivity contribution in [2.45, 2.75) is 26.3 Å². The fraction of sp³-hybridized carbons (Fsp3) is 0.389. The van der Waals surface area contributed by atoms with E-state index in [1.54, 1.807) is 23.2 Å². The van der Waals surface area contributed by atoms with Crippen molar-refractivity contribution in [3.8, 4) is 0 Å². The third kappa shape index (κ3) is 4.04. The quantitative estimate of drug-likeness (QED) is 0.814. The van der Waals surface area contributed by atoms with Gasteiger partial charge in [-0.15, -0.1) is 0 Å². The van der Waals surface area contributed by atoms with Crippen molar-refractivity contribution in [3.63, 3.8) is 0 Å². The molecule has 0 aliphatic carbocycles. The molecular weight excluding hydrogens is 323 g/mol. The van der Waals surface area contributed by atoms with Crippen molar-refractivity contribution >= 4 is 17.5 Å². The lowest BCUT2D eigenvalue weighted by Gasteiger charge is -2.16. The number of halogens is 1. The highest BCUT2D eigenvalue weighted by atomic mass is 19.1. The Hall–Kier alpha value is -2.70. The average Bonchev–Trinajstić information content (AvgIpc) is 3.18. The van der Waals surface area contributed by atoms with Crippen molar-refractivity contribution < 1.29 is 14.0 Å². The Morgan fingerprint density at radius 3 is 2.80 bits per heavy atom. The van der Waals surface area contributed by atoms with Gasteiger partial charge in [-0.05, 0) is 37.6 Å². The number of amides is 2. The number of rotatable bonds is 6. The van der Waals surface area contributed by atoms with Crippen LogP contribution in [0.5, 0.6) is 0 Å². The summed E-state index contributed by atoms with van der Waals surface area (Å²) in [4.78, 5) is 30.1. The normalized spacial score (nSPS) is 17.1. The molecule has 2 heterocycles. The third-order valence-electron chi connectivity index (χ3n) is 4.43. The Morgan fingerprint density at radius 2 is 2.12 bits per heavy atom. The topological polar surface area (TPSA) is 67.2 Å². The molecule has 132 valence electrons. The number of carbonyl (C=O) groups is 2. The molecule has 0 spiro atoms. The van der Waals surface area contributed by atoms with E-state index >= 15 is 0 Å². The molecule has 1 aliphatic heterocycles. The summed E-state index contributed by atoms with van der Waals surface area (Å²) in [6.45, 7) is 3.61. The second-order valence-electron chi connectivity index (χ2n) is 6.19. The van der Waals surface area contributed by atoms with E-state index in [2.05, 4.69) is 10.3 Å². The summed E-state index contributed by atoms with van der Waals surface area (Å²) in [5.74, 6) is 0.00845. The van der Waals surface area contributed by atoms with E-state index in [1.807, 2.05) is 17.7 Å². The second-order valence-corrected chi connectivity index (χ2v) is 6.19. The number of benzene rings is 1. The van der Waals surface area contributed by atoms with E-state index in [0.717, 1.165) is 18.8 Å². The van der Waals surface area contributed by atoms with E-state index in [-0.39, 0.29) is 30.0 Å². The van der Waals surface area contributed by atoms with Gasteiger partial charge in [-0.2, -0.15) is 0 Å². The van der Waals surface area contributed by atoms with Crippen molar-refractivity contribution in [2.24, 2.45) is 5.92 Å². The smallest absolute Gasteiger partial charge is 0.227 e. The maximum Gasteiger partial charge on any atom is 0.227 e. The number of anilines is 1. The van der Waals surface area contributed by atoms with Gasteiger partial charge < -0.3 is 14.8 Å². The number of hydrogen-bond donors (Lipinski definition) is 1. The lowest BCUT2D eigenvalue weighted by molar-refractivity contribution is -0.126. The Kier molecular flexibility index (Phi) is 5.11. The van der Waals surface area contributed by atoms with Crippen LogP contribution in [0.2, 0.25) is 0 Å². The second kappa shape index (κ2) is 7.46. The zero-order valence-corrected chi connectivity index (χ0v) is 14.1. The van der Waals surface area contributed by atoms with Crippen LogP contribution in [0.4, 0.5) is 10.1 Å². The molecule has 7 heteroatoms. The SMILES string of the molecule is Cc1nccn1CCCNC(=O)[C@@H]1CC(=O)N(c2ccc(F)cc2)C1. The Labute approximate surface area is 145 Å². The minimum atomic E-state index is -0.368. The molecule has 2 aromatic rings. The highest BCUT2D eigenvalue weighted by molar-refractivity contribution is 6.00. The molecule has 6 nitrogen and oxygen atoms in total. The molecule has 0 bridgehead atoms. The number of aryl methyl sites for hydroxylation is 2. The Balaban J connectivity index is 1.47. The molecule has 1 aromatic carbocycles. The van der Waals surface area contributed by atoms with E-state index in [0.29, 0.717) is 18.8 Å². The summed E-state index contributed by atoms with van der Waals surface area (Å²) in [5.41, 5.74) is 0.622. The summed E-state index contributed by atoms with van der Waals surface area (Å²) >= 11 is 0. The number of aromatic nitrogens is 2. The van der Waals surface area contributed by atoms with Gasteiger partial charge in [0, 0.05) is 44.1 Å². The highest BCUT2D eigenvalue weighted by Gasteiger charge is 2.34. The lowest BCUT2D eigenvalue weighted by Crippen LogP contribution is -2.33. The molecule has 1 fully saturated rings. The summed E-state index contributed by atoms with van der Waals surface area (Å²) < 4.78 is 15.0. The van der Waals surface area contributed by atoms with E-state index in [9.17, 15) is 14.0 Å². The maximum absolute atomic E-state index is 13.0. The first-order valence-corrected chi connectivity index (χ1v) is 8.36. The molecule has 2 amide bonds. The third-order valence-corrected chi connectivity index (χ3v) is 4.43. The van der Waals surface area contributed by atoms with Crippen LogP contribution >= 0.6 is 0 Å². The first-order valence-electron chi connectivity index (χ1n) is 8.36. The van der Waals surface area contributed by atoms with Gasteiger partial charge in [-0.25, -0.2) is 9.37 Å². The van der Waals surface area contributed by atoms with Crippen molar-refractivity contribution in [3.05, 3.63) is 48.3 Å². The summed E-state index contributed by atoms with van der Waals surface area (Å²) in [6, 6.07) is 5.74. The van der Waals surface area contributed by atoms with Crippen LogP contribution in [0.15, 0.2) is 36.7 Å². The molecule has 1 saturated heterocycles.